The highest BCUT2D eigenvalue weighted by Crippen LogP contribution is 2.18. The van der Waals surface area contributed by atoms with Crippen molar-refractivity contribution in [3.05, 3.63) is 46.0 Å². The van der Waals surface area contributed by atoms with Gasteiger partial charge in [-0.2, -0.15) is 0 Å². The molecule has 1 amide bonds. The average Bonchev–Trinajstić information content (AvgIpc) is 2.89. The number of nitrogens with zero attached hydrogens (tertiary/aromatic N) is 2. The number of benzene rings is 1. The molecule has 1 N–H and O–H groups in total. The van der Waals surface area contributed by atoms with Crippen LogP contribution in [0, 0.1) is 10.1 Å². The van der Waals surface area contributed by atoms with Crippen LogP contribution >= 0.6 is 11.8 Å². The van der Waals surface area contributed by atoms with Gasteiger partial charge >= 0.3 is 0 Å². The highest BCUT2D eigenvalue weighted by Gasteiger charge is 2.11. The third-order valence-electron chi connectivity index (χ3n) is 2.36. The van der Waals surface area contributed by atoms with Crippen molar-refractivity contribution in [1.82, 2.24) is 5.32 Å². The summed E-state index contributed by atoms with van der Waals surface area (Å²) in [5.74, 6) is 0.523. The smallest absolute Gasteiger partial charge is 0.276 e. The number of nitro benzene ring substituents is 1. The maximum atomic E-state index is 11.6. The van der Waals surface area contributed by atoms with Gasteiger partial charge in [-0.1, -0.05) is 23.9 Å². The number of amides is 1. The number of hydrogen-bond donors (Lipinski definition) is 1. The van der Waals surface area contributed by atoms with Crippen molar-refractivity contribution in [2.24, 2.45) is 4.99 Å². The minimum atomic E-state index is -0.478. The fourth-order valence-corrected chi connectivity index (χ4v) is 2.25. The van der Waals surface area contributed by atoms with Crippen LogP contribution in [0.4, 0.5) is 5.69 Å². The standard InChI is InChI=1S/C12H11N3O3S/c16-11(14-12-13-7-8-19-12)6-5-9-3-1-2-4-10(9)15(17)18/h1-6H,7-8H2,(H,13,14,16)/b6-5+. The van der Waals surface area contributed by atoms with Crippen LogP contribution in [0.2, 0.25) is 0 Å². The molecule has 1 heterocycles. The Hall–Kier alpha value is -2.15. The summed E-state index contributed by atoms with van der Waals surface area (Å²) >= 11 is 1.48. The number of nitro groups is 1. The van der Waals surface area contributed by atoms with Crippen molar-refractivity contribution >= 4 is 34.6 Å². The highest BCUT2D eigenvalue weighted by molar-refractivity contribution is 8.14. The number of thioether (sulfide) groups is 1. The second-order valence-corrected chi connectivity index (χ2v) is 4.76. The van der Waals surface area contributed by atoms with Crippen molar-refractivity contribution in [3.8, 4) is 0 Å². The Kier molecular flexibility index (Phi) is 4.30. The Labute approximate surface area is 113 Å². The average molecular weight is 277 g/mol. The van der Waals surface area contributed by atoms with Gasteiger partial charge in [0.2, 0.25) is 5.91 Å². The first-order chi connectivity index (χ1) is 9.16. The van der Waals surface area contributed by atoms with Gasteiger partial charge in [0.05, 0.1) is 17.0 Å². The van der Waals surface area contributed by atoms with Gasteiger partial charge in [0, 0.05) is 17.9 Å². The zero-order valence-electron chi connectivity index (χ0n) is 9.91. The Bertz CT molecular complexity index is 569. The molecule has 1 aromatic carbocycles. The molecule has 19 heavy (non-hydrogen) atoms. The molecule has 98 valence electrons. The summed E-state index contributed by atoms with van der Waals surface area (Å²) < 4.78 is 0. The molecule has 1 aliphatic rings. The van der Waals surface area contributed by atoms with E-state index in [0.29, 0.717) is 17.3 Å². The summed E-state index contributed by atoms with van der Waals surface area (Å²) in [5, 5.41) is 14.0. The summed E-state index contributed by atoms with van der Waals surface area (Å²) in [6.45, 7) is 0.703. The van der Waals surface area contributed by atoms with Crippen LogP contribution in [0.3, 0.4) is 0 Å². The fourth-order valence-electron chi connectivity index (χ4n) is 1.52. The van der Waals surface area contributed by atoms with Gasteiger partial charge in [0.1, 0.15) is 0 Å². The van der Waals surface area contributed by atoms with E-state index in [1.54, 1.807) is 18.2 Å². The lowest BCUT2D eigenvalue weighted by Gasteiger charge is -1.99. The number of nitrogens with one attached hydrogen (secondary N) is 1. The summed E-state index contributed by atoms with van der Waals surface area (Å²) in [5.41, 5.74) is 0.364. The van der Waals surface area contributed by atoms with Gasteiger partial charge in [-0.15, -0.1) is 0 Å². The van der Waals surface area contributed by atoms with Gasteiger partial charge in [-0.25, -0.2) is 0 Å². The summed E-state index contributed by atoms with van der Waals surface area (Å²) in [6, 6.07) is 6.25. The molecule has 2 rings (SSSR count). The number of amidine groups is 1. The molecule has 0 fully saturated rings. The van der Waals surface area contributed by atoms with Crippen molar-refractivity contribution < 1.29 is 9.72 Å². The van der Waals surface area contributed by atoms with E-state index in [1.165, 1.54) is 30.0 Å². The summed E-state index contributed by atoms with van der Waals surface area (Å²) in [4.78, 5) is 26.0. The molecule has 0 radical (unpaired) electrons. The third kappa shape index (κ3) is 3.65. The van der Waals surface area contributed by atoms with Crippen LogP contribution in [0.25, 0.3) is 6.08 Å². The molecule has 0 atom stereocenters. The Morgan fingerprint density at radius 2 is 2.26 bits per heavy atom. The van der Waals surface area contributed by atoms with Gasteiger partial charge in [-0.3, -0.25) is 19.9 Å². The molecule has 0 aliphatic carbocycles. The van der Waals surface area contributed by atoms with Gasteiger partial charge in [0.15, 0.2) is 5.17 Å². The van der Waals surface area contributed by atoms with Crippen LogP contribution in [-0.2, 0) is 4.79 Å². The van der Waals surface area contributed by atoms with E-state index in [-0.39, 0.29) is 11.6 Å². The first kappa shape index (κ1) is 13.3. The maximum Gasteiger partial charge on any atom is 0.276 e. The molecule has 1 aromatic rings. The molecular weight excluding hydrogens is 266 g/mol. The van der Waals surface area contributed by atoms with E-state index in [9.17, 15) is 14.9 Å². The lowest BCUT2D eigenvalue weighted by molar-refractivity contribution is -0.385. The van der Waals surface area contributed by atoms with Gasteiger partial charge in [-0.05, 0) is 12.1 Å². The molecule has 0 saturated heterocycles. The fraction of sp³-hybridized carbons (Fsp3) is 0.167. The van der Waals surface area contributed by atoms with Crippen molar-refractivity contribution in [3.63, 3.8) is 0 Å². The van der Waals surface area contributed by atoms with Crippen LogP contribution < -0.4 is 5.32 Å². The second kappa shape index (κ2) is 6.14. The van der Waals surface area contributed by atoms with E-state index < -0.39 is 4.92 Å². The zero-order chi connectivity index (χ0) is 13.7. The third-order valence-corrected chi connectivity index (χ3v) is 3.25. The lowest BCUT2D eigenvalue weighted by Crippen LogP contribution is -2.25. The number of para-hydroxylation sites is 1. The molecule has 0 spiro atoms. The SMILES string of the molecule is O=C(/C=C/c1ccccc1[N+](=O)[O-])NC1=NCCS1. The largest absolute Gasteiger partial charge is 0.302 e. The van der Waals surface area contributed by atoms with Crippen LogP contribution in [0.15, 0.2) is 35.3 Å². The van der Waals surface area contributed by atoms with E-state index in [1.807, 2.05) is 0 Å². The van der Waals surface area contributed by atoms with Crippen molar-refractivity contribution in [2.45, 2.75) is 0 Å². The maximum absolute atomic E-state index is 11.6. The normalized spacial score (nSPS) is 14.4. The number of aliphatic imine (C=N–C) groups is 1. The quantitative estimate of drug-likeness (QED) is 0.519. The second-order valence-electron chi connectivity index (χ2n) is 3.67. The first-order valence-corrected chi connectivity index (χ1v) is 6.55. The Morgan fingerprint density at radius 3 is 2.95 bits per heavy atom. The zero-order valence-corrected chi connectivity index (χ0v) is 10.7. The molecular formula is C12H11N3O3S. The van der Waals surface area contributed by atoms with Gasteiger partial charge in [0.25, 0.3) is 5.69 Å². The van der Waals surface area contributed by atoms with E-state index >= 15 is 0 Å². The molecule has 1 aliphatic heterocycles. The van der Waals surface area contributed by atoms with Crippen molar-refractivity contribution in [2.75, 3.05) is 12.3 Å². The van der Waals surface area contributed by atoms with Crippen molar-refractivity contribution in [1.29, 1.82) is 0 Å². The van der Waals surface area contributed by atoms with E-state index in [0.717, 1.165) is 5.75 Å². The predicted octanol–water partition coefficient (Wildman–Crippen LogP) is 1.83. The lowest BCUT2D eigenvalue weighted by atomic mass is 10.1. The Balaban J connectivity index is 2.05. The molecule has 0 saturated carbocycles. The number of carbonyl (C=O) groups is 1. The summed E-state index contributed by atoms with van der Waals surface area (Å²) in [6.07, 6.45) is 2.69. The molecule has 7 heteroatoms. The Morgan fingerprint density at radius 1 is 1.47 bits per heavy atom. The minimum Gasteiger partial charge on any atom is -0.302 e. The van der Waals surface area contributed by atoms with Crippen LogP contribution in [0.1, 0.15) is 5.56 Å². The molecule has 0 bridgehead atoms. The number of rotatable bonds is 3. The minimum absolute atomic E-state index is 0.0286. The molecule has 0 aromatic heterocycles. The van der Waals surface area contributed by atoms with Gasteiger partial charge < -0.3 is 5.32 Å². The molecule has 0 unspecified atom stereocenters. The monoisotopic (exact) mass is 277 g/mol. The topological polar surface area (TPSA) is 84.6 Å². The first-order valence-electron chi connectivity index (χ1n) is 5.56. The highest BCUT2D eigenvalue weighted by atomic mass is 32.2. The summed E-state index contributed by atoms with van der Waals surface area (Å²) in [7, 11) is 0. The van der Waals surface area contributed by atoms with E-state index in [4.69, 9.17) is 0 Å². The predicted molar refractivity (Wildman–Crippen MR) is 75.0 cm³/mol. The number of carbonyl (C=O) groups excluding carboxylic acids is 1. The van der Waals surface area contributed by atoms with E-state index in [2.05, 4.69) is 10.3 Å². The molecule has 6 nitrogen and oxygen atoms in total. The van der Waals surface area contributed by atoms with Crippen LogP contribution in [0.5, 0.6) is 0 Å². The van der Waals surface area contributed by atoms with Crippen LogP contribution in [-0.4, -0.2) is 28.3 Å². The number of hydrogen-bond acceptors (Lipinski definition) is 5.